The molecule has 0 aliphatic carbocycles. The topological polar surface area (TPSA) is 130 Å². The molecule has 0 fully saturated rings. The lowest BCUT2D eigenvalue weighted by Gasteiger charge is -2.26. The zero-order chi connectivity index (χ0) is 14.3. The summed E-state index contributed by atoms with van der Waals surface area (Å²) in [5.41, 5.74) is 0. The molecule has 0 aromatic rings. The predicted octanol–water partition coefficient (Wildman–Crippen LogP) is -3.10. The summed E-state index contributed by atoms with van der Waals surface area (Å²) in [5, 5.41) is 48.8. The first-order valence-corrected chi connectivity index (χ1v) is 6.16. The summed E-state index contributed by atoms with van der Waals surface area (Å²) >= 11 is 3.95. The lowest BCUT2D eigenvalue weighted by atomic mass is 10.0. The van der Waals surface area contributed by atoms with Gasteiger partial charge in [-0.25, -0.2) is 0 Å². The highest BCUT2D eigenvalue weighted by molar-refractivity contribution is 7.80. The van der Waals surface area contributed by atoms with Crippen LogP contribution in [0.2, 0.25) is 0 Å². The van der Waals surface area contributed by atoms with Gasteiger partial charge in [-0.15, -0.1) is 0 Å². The second-order valence-corrected chi connectivity index (χ2v) is 4.42. The molecule has 8 heteroatoms. The number of hydrogen-bond donors (Lipinski definition) is 7. The lowest BCUT2D eigenvalue weighted by Crippen LogP contribution is -2.51. The Morgan fingerprint density at radius 1 is 1.17 bits per heavy atom. The second-order valence-electron chi connectivity index (χ2n) is 4.05. The molecule has 0 aromatic heterocycles. The second kappa shape index (κ2) is 8.81. The molecule has 0 saturated heterocycles. The van der Waals surface area contributed by atoms with Gasteiger partial charge < -0.3 is 30.8 Å². The van der Waals surface area contributed by atoms with Crippen LogP contribution in [0.25, 0.3) is 0 Å². The maximum absolute atomic E-state index is 11.1. The smallest absolute Gasteiger partial charge is 0.147 e. The fraction of sp³-hybridized carbons (Fsp3) is 0.900. The van der Waals surface area contributed by atoms with Crippen LogP contribution >= 0.6 is 12.6 Å². The number of Topliss-reactive ketones (excluding diaryl/α,β-unsaturated/α-hetero) is 1. The molecule has 0 radical (unpaired) electrons. The fourth-order valence-electron chi connectivity index (χ4n) is 1.28. The number of hydrogen-bond acceptors (Lipinski definition) is 8. The SMILES string of the molecule is CC(=O)C(CS)NCC(O)C(O)C(O)C(O)CO. The summed E-state index contributed by atoms with van der Waals surface area (Å²) in [6.45, 7) is 0.479. The largest absolute Gasteiger partial charge is 0.394 e. The third kappa shape index (κ3) is 5.61. The molecule has 5 unspecified atom stereocenters. The maximum Gasteiger partial charge on any atom is 0.147 e. The van der Waals surface area contributed by atoms with Crippen molar-refractivity contribution in [3.63, 3.8) is 0 Å². The molecule has 0 bridgehead atoms. The van der Waals surface area contributed by atoms with Gasteiger partial charge in [0, 0.05) is 12.3 Å². The summed E-state index contributed by atoms with van der Waals surface area (Å²) in [7, 11) is 0. The van der Waals surface area contributed by atoms with Crippen LogP contribution in [0.4, 0.5) is 0 Å². The van der Waals surface area contributed by atoms with Crippen molar-refractivity contribution in [1.29, 1.82) is 0 Å². The molecule has 7 nitrogen and oxygen atoms in total. The van der Waals surface area contributed by atoms with Crippen LogP contribution in [0.1, 0.15) is 6.92 Å². The number of nitrogens with one attached hydrogen (secondary N) is 1. The van der Waals surface area contributed by atoms with E-state index in [0.29, 0.717) is 0 Å². The number of carbonyl (C=O) groups is 1. The number of aliphatic hydroxyl groups is 5. The van der Waals surface area contributed by atoms with E-state index in [1.54, 1.807) is 0 Å². The van der Waals surface area contributed by atoms with Gasteiger partial charge in [-0.2, -0.15) is 12.6 Å². The summed E-state index contributed by atoms with van der Waals surface area (Å²) in [4.78, 5) is 11.1. The molecule has 0 rings (SSSR count). The molecule has 108 valence electrons. The normalized spacial score (nSPS) is 19.9. The molecule has 0 aliphatic heterocycles. The molecule has 0 aliphatic rings. The Bertz CT molecular complexity index is 255. The number of ketones is 1. The van der Waals surface area contributed by atoms with Crippen molar-refractivity contribution in [3.8, 4) is 0 Å². The highest BCUT2D eigenvalue weighted by atomic mass is 32.1. The number of carbonyl (C=O) groups excluding carboxylic acids is 1. The molecule has 0 saturated carbocycles. The van der Waals surface area contributed by atoms with Gasteiger partial charge in [0.25, 0.3) is 0 Å². The van der Waals surface area contributed by atoms with Crippen molar-refractivity contribution in [3.05, 3.63) is 0 Å². The minimum atomic E-state index is -1.67. The van der Waals surface area contributed by atoms with Gasteiger partial charge in [0.1, 0.15) is 24.1 Å². The van der Waals surface area contributed by atoms with Crippen LogP contribution in [-0.2, 0) is 4.79 Å². The molecule has 6 N–H and O–H groups in total. The minimum absolute atomic E-state index is 0.152. The summed E-state index contributed by atoms with van der Waals surface area (Å²) in [6, 6.07) is -0.560. The van der Waals surface area contributed by atoms with E-state index in [1.807, 2.05) is 0 Å². The molecule has 0 aromatic carbocycles. The van der Waals surface area contributed by atoms with Crippen molar-refractivity contribution in [2.75, 3.05) is 18.9 Å². The molecular formula is C10H21NO6S. The zero-order valence-corrected chi connectivity index (χ0v) is 11.0. The van der Waals surface area contributed by atoms with Crippen molar-refractivity contribution >= 4 is 18.4 Å². The summed E-state index contributed by atoms with van der Waals surface area (Å²) in [5.74, 6) is 0.0718. The van der Waals surface area contributed by atoms with E-state index in [-0.39, 0.29) is 18.1 Å². The Morgan fingerprint density at radius 2 is 1.67 bits per heavy atom. The molecular weight excluding hydrogens is 262 g/mol. The van der Waals surface area contributed by atoms with Gasteiger partial charge >= 0.3 is 0 Å². The quantitative estimate of drug-likeness (QED) is 0.223. The van der Waals surface area contributed by atoms with Gasteiger partial charge in [0.2, 0.25) is 0 Å². The average molecular weight is 283 g/mol. The molecule has 18 heavy (non-hydrogen) atoms. The highest BCUT2D eigenvalue weighted by Crippen LogP contribution is 2.05. The minimum Gasteiger partial charge on any atom is -0.394 e. The Balaban J connectivity index is 4.23. The van der Waals surface area contributed by atoms with Gasteiger partial charge in [-0.3, -0.25) is 4.79 Å². The third-order valence-electron chi connectivity index (χ3n) is 2.57. The van der Waals surface area contributed by atoms with Crippen LogP contribution in [0.3, 0.4) is 0 Å². The van der Waals surface area contributed by atoms with E-state index in [0.717, 1.165) is 0 Å². The fourth-order valence-corrected chi connectivity index (χ4v) is 1.67. The molecule has 0 amide bonds. The van der Waals surface area contributed by atoms with Gasteiger partial charge in [-0.1, -0.05) is 0 Å². The average Bonchev–Trinajstić information content (AvgIpc) is 2.35. The van der Waals surface area contributed by atoms with E-state index >= 15 is 0 Å². The van der Waals surface area contributed by atoms with Crippen LogP contribution in [-0.4, -0.2) is 80.7 Å². The molecule has 0 heterocycles. The van der Waals surface area contributed by atoms with E-state index in [2.05, 4.69) is 17.9 Å². The number of thiol groups is 1. The van der Waals surface area contributed by atoms with Crippen LogP contribution < -0.4 is 5.32 Å². The Labute approximate surface area is 111 Å². The lowest BCUT2D eigenvalue weighted by molar-refractivity contribution is -0.120. The summed E-state index contributed by atoms with van der Waals surface area (Å²) in [6.07, 6.45) is -6.23. The van der Waals surface area contributed by atoms with Gasteiger partial charge in [-0.05, 0) is 6.92 Å². The maximum atomic E-state index is 11.1. The van der Waals surface area contributed by atoms with Gasteiger partial charge in [0.15, 0.2) is 0 Å². The van der Waals surface area contributed by atoms with Crippen molar-refractivity contribution in [2.45, 2.75) is 37.4 Å². The van der Waals surface area contributed by atoms with Crippen molar-refractivity contribution in [1.82, 2.24) is 5.32 Å². The van der Waals surface area contributed by atoms with Gasteiger partial charge in [0.05, 0.1) is 18.8 Å². The van der Waals surface area contributed by atoms with Crippen molar-refractivity contribution in [2.24, 2.45) is 0 Å². The third-order valence-corrected chi connectivity index (χ3v) is 2.94. The van der Waals surface area contributed by atoms with E-state index < -0.39 is 37.1 Å². The Morgan fingerprint density at radius 3 is 2.06 bits per heavy atom. The van der Waals surface area contributed by atoms with Crippen LogP contribution in [0.5, 0.6) is 0 Å². The highest BCUT2D eigenvalue weighted by Gasteiger charge is 2.30. The Hall–Kier alpha value is -0.220. The summed E-state index contributed by atoms with van der Waals surface area (Å²) < 4.78 is 0. The van der Waals surface area contributed by atoms with Crippen LogP contribution in [0, 0.1) is 0 Å². The first-order valence-electron chi connectivity index (χ1n) is 5.53. The van der Waals surface area contributed by atoms with E-state index in [1.165, 1.54) is 6.92 Å². The first-order chi connectivity index (χ1) is 8.34. The molecule has 5 atom stereocenters. The monoisotopic (exact) mass is 283 g/mol. The first kappa shape index (κ1) is 17.8. The predicted molar refractivity (Wildman–Crippen MR) is 67.4 cm³/mol. The van der Waals surface area contributed by atoms with Crippen molar-refractivity contribution < 1.29 is 30.3 Å². The number of rotatable bonds is 9. The molecule has 0 spiro atoms. The van der Waals surface area contributed by atoms with E-state index in [4.69, 9.17) is 10.2 Å². The Kier molecular flexibility index (Phi) is 8.70. The van der Waals surface area contributed by atoms with Crippen LogP contribution in [0.15, 0.2) is 0 Å². The van der Waals surface area contributed by atoms with E-state index in [9.17, 15) is 20.1 Å². The number of aliphatic hydroxyl groups excluding tert-OH is 5. The zero-order valence-electron chi connectivity index (χ0n) is 10.1. The standard InChI is InChI=1S/C10H21NO6S/c1-5(13)6(4-18)11-2-7(14)9(16)10(17)8(15)3-12/h6-12,14-18H,2-4H2,1H3.